The summed E-state index contributed by atoms with van der Waals surface area (Å²) in [6, 6.07) is 5.54. The van der Waals surface area contributed by atoms with Gasteiger partial charge >= 0.3 is 5.69 Å². The number of nitrogens with one attached hydrogen (secondary N) is 1. The van der Waals surface area contributed by atoms with E-state index in [0.717, 1.165) is 15.4 Å². The van der Waals surface area contributed by atoms with E-state index < -0.39 is 16.4 Å². The van der Waals surface area contributed by atoms with E-state index in [2.05, 4.69) is 21.2 Å². The third-order valence-electron chi connectivity index (χ3n) is 2.31. The van der Waals surface area contributed by atoms with Crippen LogP contribution in [0, 0.1) is 15.9 Å². The molecule has 0 spiro atoms. The summed E-state index contributed by atoms with van der Waals surface area (Å²) in [6.45, 7) is 0.457. The minimum atomic E-state index is -0.850. The predicted molar refractivity (Wildman–Crippen MR) is 77.4 cm³/mol. The number of hydrogen-bond donors (Lipinski definition) is 1. The summed E-state index contributed by atoms with van der Waals surface area (Å²) in [5.41, 5.74) is -0.0656. The van der Waals surface area contributed by atoms with Crippen LogP contribution in [-0.4, -0.2) is 4.92 Å². The van der Waals surface area contributed by atoms with E-state index in [0.29, 0.717) is 16.6 Å². The number of nitrogens with zero attached hydrogens (tertiary/aromatic N) is 1. The van der Waals surface area contributed by atoms with Gasteiger partial charge in [-0.05, 0) is 34.1 Å². The molecule has 2 aromatic rings. The molecule has 0 aliphatic rings. The molecule has 100 valence electrons. The lowest BCUT2D eigenvalue weighted by Gasteiger charge is -2.04. The van der Waals surface area contributed by atoms with Crippen LogP contribution < -0.4 is 5.32 Å². The fraction of sp³-hybridized carbons (Fsp3) is 0.0909. The number of anilines is 1. The van der Waals surface area contributed by atoms with E-state index in [1.54, 1.807) is 0 Å². The number of nitro benzene ring substituents is 1. The smallest absolute Gasteiger partial charge is 0.306 e. The highest BCUT2D eigenvalue weighted by molar-refractivity contribution is 9.10. The quantitative estimate of drug-likeness (QED) is 0.624. The molecule has 1 aromatic heterocycles. The number of rotatable bonds is 4. The van der Waals surface area contributed by atoms with Gasteiger partial charge < -0.3 is 5.32 Å². The first kappa shape index (κ1) is 14.2. The Balaban J connectivity index is 2.11. The summed E-state index contributed by atoms with van der Waals surface area (Å²) < 4.78 is 14.6. The first-order valence-electron chi connectivity index (χ1n) is 5.09. The molecule has 19 heavy (non-hydrogen) atoms. The Morgan fingerprint density at radius 1 is 1.47 bits per heavy atom. The Labute approximate surface area is 125 Å². The lowest BCUT2D eigenvalue weighted by Crippen LogP contribution is -1.99. The average molecular weight is 366 g/mol. The van der Waals surface area contributed by atoms with Crippen molar-refractivity contribution < 1.29 is 9.31 Å². The maximum Gasteiger partial charge on any atom is 0.306 e. The van der Waals surface area contributed by atoms with E-state index in [-0.39, 0.29) is 0 Å². The topological polar surface area (TPSA) is 55.2 Å². The van der Waals surface area contributed by atoms with E-state index in [9.17, 15) is 14.5 Å². The van der Waals surface area contributed by atoms with Gasteiger partial charge in [0.25, 0.3) is 0 Å². The van der Waals surface area contributed by atoms with E-state index >= 15 is 0 Å². The third kappa shape index (κ3) is 3.43. The molecule has 0 unspecified atom stereocenters. The van der Waals surface area contributed by atoms with Crippen LogP contribution >= 0.6 is 38.9 Å². The first-order chi connectivity index (χ1) is 8.97. The van der Waals surface area contributed by atoms with E-state index in [1.807, 2.05) is 6.07 Å². The molecule has 0 bridgehead atoms. The van der Waals surface area contributed by atoms with Crippen LogP contribution in [0.15, 0.2) is 28.7 Å². The Kier molecular flexibility index (Phi) is 4.38. The summed E-state index contributed by atoms with van der Waals surface area (Å²) in [4.78, 5) is 10.8. The highest BCUT2D eigenvalue weighted by atomic mass is 79.9. The molecule has 0 atom stereocenters. The largest absolute Gasteiger partial charge is 0.380 e. The Morgan fingerprint density at radius 3 is 2.79 bits per heavy atom. The molecule has 1 aromatic carbocycles. The summed E-state index contributed by atoms with van der Waals surface area (Å²) in [6.07, 6.45) is 0. The fourth-order valence-corrected chi connectivity index (χ4v) is 3.16. The van der Waals surface area contributed by atoms with Crippen molar-refractivity contribution >= 4 is 50.2 Å². The molecule has 0 amide bonds. The zero-order chi connectivity index (χ0) is 14.0. The van der Waals surface area contributed by atoms with Crippen LogP contribution in [0.25, 0.3) is 0 Å². The molecule has 1 heterocycles. The second-order valence-electron chi connectivity index (χ2n) is 3.61. The van der Waals surface area contributed by atoms with E-state index in [4.69, 9.17) is 11.6 Å². The van der Waals surface area contributed by atoms with Gasteiger partial charge in [0.2, 0.25) is 5.82 Å². The first-order valence-corrected chi connectivity index (χ1v) is 7.07. The van der Waals surface area contributed by atoms with Crippen molar-refractivity contribution in [2.45, 2.75) is 6.54 Å². The molecule has 2 rings (SSSR count). The summed E-state index contributed by atoms with van der Waals surface area (Å²) in [5.74, 6) is -0.850. The van der Waals surface area contributed by atoms with Crippen LogP contribution in [0.5, 0.6) is 0 Å². The lowest BCUT2D eigenvalue weighted by molar-refractivity contribution is -0.387. The SMILES string of the molecule is O=[N+]([O-])c1cc(NCc2cc(Br)c(Cl)s2)ccc1F. The second kappa shape index (κ2) is 5.85. The monoisotopic (exact) mass is 364 g/mol. The molecule has 0 saturated heterocycles. The number of benzene rings is 1. The van der Waals surface area contributed by atoms with Gasteiger partial charge in [0.15, 0.2) is 0 Å². The summed E-state index contributed by atoms with van der Waals surface area (Å²) in [7, 11) is 0. The normalized spacial score (nSPS) is 10.5. The minimum absolute atomic E-state index is 0.457. The van der Waals surface area contributed by atoms with Crippen molar-refractivity contribution in [3.63, 3.8) is 0 Å². The molecule has 0 aliphatic carbocycles. The Bertz CT molecular complexity index is 616. The van der Waals surface area contributed by atoms with Crippen LogP contribution in [0.2, 0.25) is 4.34 Å². The van der Waals surface area contributed by atoms with Gasteiger partial charge in [-0.1, -0.05) is 11.6 Å². The number of halogens is 3. The van der Waals surface area contributed by atoms with Crippen LogP contribution in [-0.2, 0) is 6.54 Å². The van der Waals surface area contributed by atoms with Gasteiger partial charge in [-0.2, -0.15) is 4.39 Å². The minimum Gasteiger partial charge on any atom is -0.380 e. The summed E-state index contributed by atoms with van der Waals surface area (Å²) >= 11 is 10.6. The summed E-state index contributed by atoms with van der Waals surface area (Å²) in [5, 5.41) is 13.6. The predicted octanol–water partition coefficient (Wildman–Crippen LogP) is 4.82. The maximum atomic E-state index is 13.1. The fourth-order valence-electron chi connectivity index (χ4n) is 1.43. The van der Waals surface area contributed by atoms with Crippen molar-refractivity contribution in [1.82, 2.24) is 0 Å². The standard InChI is InChI=1S/C11H7BrClFN2O2S/c12-8-4-7(19-11(8)13)5-15-6-1-2-9(14)10(3-6)16(17)18/h1-4,15H,5H2. The van der Waals surface area contributed by atoms with E-state index in [1.165, 1.54) is 23.5 Å². The van der Waals surface area contributed by atoms with Crippen molar-refractivity contribution in [2.24, 2.45) is 0 Å². The van der Waals surface area contributed by atoms with Gasteiger partial charge in [-0.25, -0.2) is 0 Å². The molecule has 0 radical (unpaired) electrons. The molecule has 4 nitrogen and oxygen atoms in total. The molecule has 0 saturated carbocycles. The Hall–Kier alpha value is -1.18. The molecule has 0 fully saturated rings. The van der Waals surface area contributed by atoms with Crippen LogP contribution in [0.4, 0.5) is 15.8 Å². The molecular formula is C11H7BrClFN2O2S. The lowest BCUT2D eigenvalue weighted by atomic mass is 10.2. The Morgan fingerprint density at radius 2 is 2.21 bits per heavy atom. The molecule has 0 aliphatic heterocycles. The number of nitro groups is 1. The maximum absolute atomic E-state index is 13.1. The van der Waals surface area contributed by atoms with Crippen LogP contribution in [0.3, 0.4) is 0 Å². The molecule has 1 N–H and O–H groups in total. The average Bonchev–Trinajstić information content (AvgIpc) is 2.67. The third-order valence-corrected chi connectivity index (χ3v) is 4.78. The van der Waals surface area contributed by atoms with Gasteiger partial charge in [0.1, 0.15) is 4.34 Å². The molecular weight excluding hydrogens is 359 g/mol. The van der Waals surface area contributed by atoms with Crippen molar-refractivity contribution in [2.75, 3.05) is 5.32 Å². The second-order valence-corrected chi connectivity index (χ2v) is 6.20. The highest BCUT2D eigenvalue weighted by Crippen LogP contribution is 2.32. The van der Waals surface area contributed by atoms with Gasteiger partial charge in [-0.3, -0.25) is 10.1 Å². The molecule has 8 heteroatoms. The van der Waals surface area contributed by atoms with Gasteiger partial charge in [-0.15, -0.1) is 11.3 Å². The van der Waals surface area contributed by atoms with Gasteiger partial charge in [0.05, 0.1) is 4.92 Å². The van der Waals surface area contributed by atoms with Gasteiger partial charge in [0, 0.05) is 27.6 Å². The van der Waals surface area contributed by atoms with Crippen molar-refractivity contribution in [3.8, 4) is 0 Å². The number of thiophene rings is 1. The highest BCUT2D eigenvalue weighted by Gasteiger charge is 2.14. The van der Waals surface area contributed by atoms with Crippen molar-refractivity contribution in [1.29, 1.82) is 0 Å². The number of hydrogen-bond acceptors (Lipinski definition) is 4. The zero-order valence-electron chi connectivity index (χ0n) is 9.32. The van der Waals surface area contributed by atoms with Crippen LogP contribution in [0.1, 0.15) is 4.88 Å². The zero-order valence-corrected chi connectivity index (χ0v) is 12.5. The van der Waals surface area contributed by atoms with Crippen molar-refractivity contribution in [3.05, 3.63) is 53.9 Å².